The van der Waals surface area contributed by atoms with Crippen LogP contribution in [0, 0.1) is 17.7 Å². The third kappa shape index (κ3) is 6.43. The molecule has 1 unspecified atom stereocenters. The Morgan fingerprint density at radius 3 is 2.74 bits per heavy atom. The molecule has 0 radical (unpaired) electrons. The molecule has 4 N–H and O–H groups in total. The van der Waals surface area contributed by atoms with Crippen LogP contribution in [-0.2, 0) is 5.54 Å². The summed E-state index contributed by atoms with van der Waals surface area (Å²) in [6.07, 6.45) is 3.47. The van der Waals surface area contributed by atoms with Crippen molar-refractivity contribution in [3.8, 4) is 11.8 Å². The Bertz CT molecular complexity index is 999. The maximum Gasteiger partial charge on any atom is 0.275 e. The Labute approximate surface area is 186 Å². The highest BCUT2D eigenvalue weighted by atomic mass is 32.2. The van der Waals surface area contributed by atoms with Crippen LogP contribution in [0.4, 0.5) is 15.9 Å². The summed E-state index contributed by atoms with van der Waals surface area (Å²) < 4.78 is 14.5. The lowest BCUT2D eigenvalue weighted by Crippen LogP contribution is -2.29. The third-order valence-electron chi connectivity index (χ3n) is 4.42. The van der Waals surface area contributed by atoms with E-state index in [1.807, 2.05) is 20.8 Å². The summed E-state index contributed by atoms with van der Waals surface area (Å²) in [7, 11) is 0. The first-order chi connectivity index (χ1) is 14.9. The van der Waals surface area contributed by atoms with Gasteiger partial charge in [-0.2, -0.15) is 0 Å². The van der Waals surface area contributed by atoms with E-state index < -0.39 is 11.4 Å². The molecule has 2 aromatic rings. The first-order valence-electron chi connectivity index (χ1n) is 9.96. The zero-order chi connectivity index (χ0) is 22.9. The number of carbonyl (C=O) groups excluding carboxylic acids is 1. The number of hydrogen-bond donors (Lipinski definition) is 3. The van der Waals surface area contributed by atoms with E-state index >= 15 is 0 Å². The van der Waals surface area contributed by atoms with E-state index in [-0.39, 0.29) is 11.5 Å². The average Bonchev–Trinajstić information content (AvgIpc) is 2.77. The Balaban J connectivity index is 0.00000166. The molecule has 0 fully saturated rings. The minimum atomic E-state index is -0.769. The van der Waals surface area contributed by atoms with Gasteiger partial charge in [-0.1, -0.05) is 31.5 Å². The maximum absolute atomic E-state index is 14.5. The maximum atomic E-state index is 14.5. The number of nitrogens with zero attached hydrogens (tertiary/aromatic N) is 3. The second-order valence-electron chi connectivity index (χ2n) is 6.54. The zero-order valence-electron chi connectivity index (χ0n) is 18.1. The van der Waals surface area contributed by atoms with Gasteiger partial charge in [0.15, 0.2) is 5.17 Å². The molecular formula is C22H27FN6OS. The van der Waals surface area contributed by atoms with Crippen LogP contribution in [0.25, 0.3) is 0 Å². The number of rotatable bonds is 5. The lowest BCUT2D eigenvalue weighted by atomic mass is 9.89. The Morgan fingerprint density at radius 1 is 1.32 bits per heavy atom. The molecule has 0 saturated heterocycles. The van der Waals surface area contributed by atoms with Gasteiger partial charge < -0.3 is 16.4 Å². The SMILES string of the molecule is CC.CC#CCNc1cnc(C(=O)Nc2ccc(F)c(C3(C)CCSC(N)=N3)c2)cn1. The summed E-state index contributed by atoms with van der Waals surface area (Å²) in [6.45, 7) is 8.03. The fraction of sp³-hybridized carbons (Fsp3) is 0.364. The number of anilines is 2. The van der Waals surface area contributed by atoms with E-state index in [4.69, 9.17) is 5.73 Å². The van der Waals surface area contributed by atoms with Gasteiger partial charge in [0.25, 0.3) is 5.91 Å². The second-order valence-corrected chi connectivity index (χ2v) is 7.65. The molecule has 0 spiro atoms. The summed E-state index contributed by atoms with van der Waals surface area (Å²) in [4.78, 5) is 25.2. The van der Waals surface area contributed by atoms with Gasteiger partial charge in [0.2, 0.25) is 0 Å². The molecule has 1 amide bonds. The van der Waals surface area contributed by atoms with E-state index in [9.17, 15) is 9.18 Å². The van der Waals surface area contributed by atoms with Crippen molar-refractivity contribution >= 4 is 34.3 Å². The third-order valence-corrected chi connectivity index (χ3v) is 5.21. The zero-order valence-corrected chi connectivity index (χ0v) is 18.9. The quantitative estimate of drug-likeness (QED) is 0.605. The Kier molecular flexibility index (Phi) is 8.82. The molecule has 2 heterocycles. The van der Waals surface area contributed by atoms with Gasteiger partial charge in [-0.05, 0) is 38.5 Å². The fourth-order valence-electron chi connectivity index (χ4n) is 2.85. The number of benzene rings is 1. The van der Waals surface area contributed by atoms with Crippen molar-refractivity contribution in [3.05, 3.63) is 47.7 Å². The number of nitrogens with two attached hydrogens (primary N) is 1. The van der Waals surface area contributed by atoms with Crippen molar-refractivity contribution in [3.63, 3.8) is 0 Å². The number of amides is 1. The smallest absolute Gasteiger partial charge is 0.275 e. The highest BCUT2D eigenvalue weighted by molar-refractivity contribution is 8.13. The molecule has 0 aliphatic carbocycles. The van der Waals surface area contributed by atoms with E-state index in [0.717, 1.165) is 5.75 Å². The molecule has 0 saturated carbocycles. The van der Waals surface area contributed by atoms with Gasteiger partial charge in [0, 0.05) is 17.0 Å². The predicted molar refractivity (Wildman–Crippen MR) is 126 cm³/mol. The first-order valence-corrected chi connectivity index (χ1v) is 10.9. The topological polar surface area (TPSA) is 105 Å². The van der Waals surface area contributed by atoms with Gasteiger partial charge in [0.05, 0.1) is 24.5 Å². The standard InChI is InChI=1S/C20H21FN6OS.C2H6/c1-3-4-8-23-17-12-24-16(11-25-17)18(28)26-13-5-6-15(21)14(10-13)20(2)7-9-29-19(22)27-20;1-2/h5-6,10-12H,7-9H2,1-2H3,(H2,22,27)(H,23,25)(H,26,28);1-2H3. The van der Waals surface area contributed by atoms with Crippen LogP contribution < -0.4 is 16.4 Å². The monoisotopic (exact) mass is 442 g/mol. The number of carbonyl (C=O) groups is 1. The lowest BCUT2D eigenvalue weighted by molar-refractivity contribution is 0.102. The molecule has 164 valence electrons. The minimum absolute atomic E-state index is 0.144. The van der Waals surface area contributed by atoms with E-state index in [0.29, 0.717) is 35.2 Å². The first kappa shape index (κ1) is 24.2. The minimum Gasteiger partial charge on any atom is -0.379 e. The number of amidine groups is 1. The van der Waals surface area contributed by atoms with Crippen molar-refractivity contribution in [1.82, 2.24) is 9.97 Å². The van der Waals surface area contributed by atoms with Crippen molar-refractivity contribution in [2.24, 2.45) is 10.7 Å². The van der Waals surface area contributed by atoms with Crippen LogP contribution in [0.2, 0.25) is 0 Å². The molecule has 1 aromatic heterocycles. The highest BCUT2D eigenvalue weighted by Gasteiger charge is 2.32. The molecule has 0 bridgehead atoms. The number of halogens is 1. The second kappa shape index (κ2) is 11.3. The Morgan fingerprint density at radius 2 is 2.10 bits per heavy atom. The fourth-order valence-corrected chi connectivity index (χ4v) is 3.83. The van der Waals surface area contributed by atoms with E-state index in [1.54, 1.807) is 13.0 Å². The number of hydrogen-bond acceptors (Lipinski definition) is 7. The van der Waals surface area contributed by atoms with Gasteiger partial charge in [-0.3, -0.25) is 9.79 Å². The predicted octanol–water partition coefficient (Wildman–Crippen LogP) is 4.00. The molecule has 1 atom stereocenters. The van der Waals surface area contributed by atoms with E-state index in [1.165, 1.54) is 36.3 Å². The van der Waals surface area contributed by atoms with Crippen molar-refractivity contribution in [2.75, 3.05) is 22.9 Å². The number of thioether (sulfide) groups is 1. The summed E-state index contributed by atoms with van der Waals surface area (Å²) in [6, 6.07) is 4.40. The molecule has 31 heavy (non-hydrogen) atoms. The van der Waals surface area contributed by atoms with Gasteiger partial charge in [0.1, 0.15) is 17.3 Å². The number of nitrogens with one attached hydrogen (secondary N) is 2. The van der Waals surface area contributed by atoms with Crippen LogP contribution >= 0.6 is 11.8 Å². The molecule has 1 aliphatic rings. The highest BCUT2D eigenvalue weighted by Crippen LogP contribution is 2.37. The van der Waals surface area contributed by atoms with Crippen molar-refractivity contribution in [1.29, 1.82) is 0 Å². The largest absolute Gasteiger partial charge is 0.379 e. The van der Waals surface area contributed by atoms with Crippen molar-refractivity contribution < 1.29 is 9.18 Å². The van der Waals surface area contributed by atoms with Gasteiger partial charge in [-0.25, -0.2) is 14.4 Å². The van der Waals surface area contributed by atoms with Crippen LogP contribution in [0.1, 0.15) is 50.2 Å². The molecule has 9 heteroatoms. The number of aliphatic imine (C=N–C) groups is 1. The van der Waals surface area contributed by atoms with Crippen LogP contribution in [0.15, 0.2) is 35.6 Å². The van der Waals surface area contributed by atoms with Crippen molar-refractivity contribution in [2.45, 2.75) is 39.7 Å². The van der Waals surface area contributed by atoms with E-state index in [2.05, 4.69) is 37.4 Å². The number of aromatic nitrogens is 2. The average molecular weight is 443 g/mol. The molecule has 1 aromatic carbocycles. The summed E-state index contributed by atoms with van der Waals surface area (Å²) in [5.74, 6) is 6.06. The van der Waals surface area contributed by atoms with Crippen LogP contribution in [0.5, 0.6) is 0 Å². The summed E-state index contributed by atoms with van der Waals surface area (Å²) in [5, 5.41) is 6.14. The van der Waals surface area contributed by atoms with Gasteiger partial charge in [-0.15, -0.1) is 5.92 Å². The van der Waals surface area contributed by atoms with Gasteiger partial charge >= 0.3 is 0 Å². The van der Waals surface area contributed by atoms with Crippen LogP contribution in [0.3, 0.4) is 0 Å². The summed E-state index contributed by atoms with van der Waals surface area (Å²) in [5.41, 5.74) is 6.05. The molecular weight excluding hydrogens is 415 g/mol. The molecule has 1 aliphatic heterocycles. The normalized spacial score (nSPS) is 17.3. The lowest BCUT2D eigenvalue weighted by Gasteiger charge is -2.30. The molecule has 7 nitrogen and oxygen atoms in total. The Hall–Kier alpha value is -3.12. The molecule has 3 rings (SSSR count). The summed E-state index contributed by atoms with van der Waals surface area (Å²) >= 11 is 1.45. The van der Waals surface area contributed by atoms with Crippen LogP contribution in [-0.4, -0.2) is 33.3 Å².